The number of carbonyl (C=O) groups is 1. The molecule has 0 bridgehead atoms. The smallest absolute Gasteiger partial charge is 0.220 e. The minimum Gasteiger partial charge on any atom is -0.396 e. The molecule has 0 fully saturated rings. The van der Waals surface area contributed by atoms with E-state index >= 15 is 0 Å². The van der Waals surface area contributed by atoms with Crippen LogP contribution in [0, 0.1) is 0 Å². The molecule has 0 atom stereocenters. The van der Waals surface area contributed by atoms with Gasteiger partial charge in [-0.2, -0.15) is 0 Å². The molecule has 0 aliphatic rings. The highest BCUT2D eigenvalue weighted by molar-refractivity contribution is 5.76. The van der Waals surface area contributed by atoms with Gasteiger partial charge in [-0.05, 0) is 19.3 Å². The molecule has 3 nitrogen and oxygen atoms in total. The van der Waals surface area contributed by atoms with Crippen molar-refractivity contribution in [3.05, 3.63) is 0 Å². The summed E-state index contributed by atoms with van der Waals surface area (Å²) in [6, 6.07) is 0.302. The van der Waals surface area contributed by atoms with Crippen LogP contribution in [0.15, 0.2) is 0 Å². The molecule has 0 unspecified atom stereocenters. The van der Waals surface area contributed by atoms with Crippen LogP contribution < -0.4 is 5.32 Å². The average Bonchev–Trinajstić information content (AvgIpc) is 2.10. The molecule has 3 heteroatoms. The predicted octanol–water partition coefficient (Wildman–Crippen LogP) is 1.06. The summed E-state index contributed by atoms with van der Waals surface area (Å²) in [6.45, 7) is 4.21. The summed E-state index contributed by atoms with van der Waals surface area (Å²) in [5.41, 5.74) is 0. The van der Waals surface area contributed by atoms with E-state index in [2.05, 4.69) is 19.2 Å². The van der Waals surface area contributed by atoms with Gasteiger partial charge in [0.05, 0.1) is 0 Å². The number of rotatable bonds is 6. The van der Waals surface area contributed by atoms with E-state index in [-0.39, 0.29) is 12.5 Å². The third-order valence-electron chi connectivity index (χ3n) is 1.91. The van der Waals surface area contributed by atoms with Crippen molar-refractivity contribution in [3.63, 3.8) is 0 Å². The molecule has 0 aromatic rings. The van der Waals surface area contributed by atoms with Crippen LogP contribution in [-0.2, 0) is 4.79 Å². The zero-order valence-electron chi connectivity index (χ0n) is 7.97. The van der Waals surface area contributed by atoms with Crippen molar-refractivity contribution in [2.24, 2.45) is 0 Å². The molecule has 0 heterocycles. The molecule has 0 radical (unpaired) electrons. The topological polar surface area (TPSA) is 49.3 Å². The lowest BCUT2D eigenvalue weighted by Crippen LogP contribution is -2.33. The van der Waals surface area contributed by atoms with Gasteiger partial charge in [0, 0.05) is 19.1 Å². The first-order valence-electron chi connectivity index (χ1n) is 4.64. The van der Waals surface area contributed by atoms with Gasteiger partial charge in [-0.1, -0.05) is 13.8 Å². The van der Waals surface area contributed by atoms with Crippen molar-refractivity contribution in [3.8, 4) is 0 Å². The van der Waals surface area contributed by atoms with Gasteiger partial charge in [-0.15, -0.1) is 0 Å². The highest BCUT2D eigenvalue weighted by Gasteiger charge is 2.06. The van der Waals surface area contributed by atoms with Crippen molar-refractivity contribution in [2.45, 2.75) is 45.6 Å². The molecule has 0 aliphatic heterocycles. The third-order valence-corrected chi connectivity index (χ3v) is 1.91. The normalized spacial score (nSPS) is 10.3. The number of nitrogens with one attached hydrogen (secondary N) is 1. The minimum absolute atomic E-state index is 0.0535. The molecule has 1 amide bonds. The van der Waals surface area contributed by atoms with Crippen LogP contribution in [-0.4, -0.2) is 23.7 Å². The first-order valence-corrected chi connectivity index (χ1v) is 4.64. The van der Waals surface area contributed by atoms with Crippen LogP contribution in [0.25, 0.3) is 0 Å². The molecule has 0 aromatic carbocycles. The van der Waals surface area contributed by atoms with E-state index in [1.165, 1.54) is 0 Å². The molecule has 0 spiro atoms. The third kappa shape index (κ3) is 5.13. The van der Waals surface area contributed by atoms with Crippen molar-refractivity contribution in [1.82, 2.24) is 5.32 Å². The lowest BCUT2D eigenvalue weighted by atomic mass is 10.1. The van der Waals surface area contributed by atoms with Gasteiger partial charge in [0.25, 0.3) is 0 Å². The van der Waals surface area contributed by atoms with E-state index < -0.39 is 0 Å². The average molecular weight is 173 g/mol. The summed E-state index contributed by atoms with van der Waals surface area (Å²) in [6.07, 6.45) is 2.95. The number of amides is 1. The summed E-state index contributed by atoms with van der Waals surface area (Å²) in [5.74, 6) is 0.0535. The zero-order valence-corrected chi connectivity index (χ0v) is 7.97. The lowest BCUT2D eigenvalue weighted by molar-refractivity contribution is -0.122. The van der Waals surface area contributed by atoms with Crippen molar-refractivity contribution < 1.29 is 9.90 Å². The molecular formula is C9H19NO2. The van der Waals surface area contributed by atoms with Crippen LogP contribution in [0.2, 0.25) is 0 Å². The van der Waals surface area contributed by atoms with Gasteiger partial charge in [0.1, 0.15) is 0 Å². The van der Waals surface area contributed by atoms with E-state index in [0.29, 0.717) is 18.9 Å². The van der Waals surface area contributed by atoms with Crippen LogP contribution in [0.5, 0.6) is 0 Å². The summed E-state index contributed by atoms with van der Waals surface area (Å²) in [4.78, 5) is 11.1. The monoisotopic (exact) mass is 173 g/mol. The van der Waals surface area contributed by atoms with E-state index in [9.17, 15) is 4.79 Å². The van der Waals surface area contributed by atoms with E-state index in [1.807, 2.05) is 0 Å². The molecule has 12 heavy (non-hydrogen) atoms. The summed E-state index contributed by atoms with van der Waals surface area (Å²) < 4.78 is 0. The van der Waals surface area contributed by atoms with Crippen molar-refractivity contribution >= 4 is 5.91 Å². The Hall–Kier alpha value is -0.570. The molecule has 72 valence electrons. The van der Waals surface area contributed by atoms with E-state index in [0.717, 1.165) is 12.8 Å². The van der Waals surface area contributed by atoms with Gasteiger partial charge in [0.2, 0.25) is 5.91 Å². The SMILES string of the molecule is CCC(CC)NC(=O)CCCO. The predicted molar refractivity (Wildman–Crippen MR) is 48.8 cm³/mol. The Labute approximate surface area is 74.2 Å². The van der Waals surface area contributed by atoms with Crippen molar-refractivity contribution in [1.29, 1.82) is 0 Å². The first kappa shape index (κ1) is 11.4. The Morgan fingerprint density at radius 1 is 1.42 bits per heavy atom. The molecule has 0 aliphatic carbocycles. The molecular weight excluding hydrogens is 154 g/mol. The number of carbonyl (C=O) groups excluding carboxylic acids is 1. The van der Waals surface area contributed by atoms with Gasteiger partial charge in [0.15, 0.2) is 0 Å². The number of aliphatic hydroxyl groups is 1. The second-order valence-electron chi connectivity index (χ2n) is 2.91. The maximum Gasteiger partial charge on any atom is 0.220 e. The Morgan fingerprint density at radius 2 is 2.00 bits per heavy atom. The van der Waals surface area contributed by atoms with E-state index in [4.69, 9.17) is 5.11 Å². The summed E-state index contributed by atoms with van der Waals surface area (Å²) in [7, 11) is 0. The van der Waals surface area contributed by atoms with Crippen LogP contribution >= 0.6 is 0 Å². The number of aliphatic hydroxyl groups excluding tert-OH is 1. The van der Waals surface area contributed by atoms with Gasteiger partial charge < -0.3 is 10.4 Å². The quantitative estimate of drug-likeness (QED) is 0.631. The molecule has 2 N–H and O–H groups in total. The molecule has 0 rings (SSSR count). The van der Waals surface area contributed by atoms with Crippen LogP contribution in [0.4, 0.5) is 0 Å². The molecule has 0 saturated carbocycles. The number of hydrogen-bond acceptors (Lipinski definition) is 2. The Balaban J connectivity index is 3.52. The summed E-state index contributed by atoms with van der Waals surface area (Å²) in [5, 5.41) is 11.4. The fraction of sp³-hybridized carbons (Fsp3) is 0.889. The maximum atomic E-state index is 11.1. The van der Waals surface area contributed by atoms with Gasteiger partial charge in [-0.25, -0.2) is 0 Å². The van der Waals surface area contributed by atoms with Gasteiger partial charge in [-0.3, -0.25) is 4.79 Å². The van der Waals surface area contributed by atoms with Gasteiger partial charge >= 0.3 is 0 Å². The second kappa shape index (κ2) is 7.10. The maximum absolute atomic E-state index is 11.1. The fourth-order valence-corrected chi connectivity index (χ4v) is 1.03. The van der Waals surface area contributed by atoms with Crippen molar-refractivity contribution in [2.75, 3.05) is 6.61 Å². The highest BCUT2D eigenvalue weighted by atomic mass is 16.3. The Kier molecular flexibility index (Phi) is 6.76. The largest absolute Gasteiger partial charge is 0.396 e. The Bertz CT molecular complexity index is 122. The highest BCUT2D eigenvalue weighted by Crippen LogP contribution is 1.97. The number of hydrogen-bond donors (Lipinski definition) is 2. The molecule has 0 saturated heterocycles. The lowest BCUT2D eigenvalue weighted by Gasteiger charge is -2.13. The molecule has 0 aromatic heterocycles. The summed E-state index contributed by atoms with van der Waals surface area (Å²) >= 11 is 0. The standard InChI is InChI=1S/C9H19NO2/c1-3-8(4-2)10-9(12)6-5-7-11/h8,11H,3-7H2,1-2H3,(H,10,12). The van der Waals surface area contributed by atoms with E-state index in [1.54, 1.807) is 0 Å². The zero-order chi connectivity index (χ0) is 9.40. The second-order valence-corrected chi connectivity index (χ2v) is 2.91. The fourth-order valence-electron chi connectivity index (χ4n) is 1.03. The minimum atomic E-state index is 0.0535. The van der Waals surface area contributed by atoms with Crippen LogP contribution in [0.3, 0.4) is 0 Å². The van der Waals surface area contributed by atoms with Crippen LogP contribution in [0.1, 0.15) is 39.5 Å². The first-order chi connectivity index (χ1) is 5.74. The Morgan fingerprint density at radius 3 is 2.42 bits per heavy atom.